The molecule has 1 fully saturated rings. The van der Waals surface area contributed by atoms with Gasteiger partial charge in [-0.2, -0.15) is 0 Å². The number of fused-ring (bicyclic) bond motifs is 1. The molecule has 0 radical (unpaired) electrons. The second kappa shape index (κ2) is 8.51. The van der Waals surface area contributed by atoms with Crippen molar-refractivity contribution in [2.45, 2.75) is 31.7 Å². The number of benzene rings is 2. The van der Waals surface area contributed by atoms with E-state index in [9.17, 15) is 14.7 Å². The lowest BCUT2D eigenvalue weighted by atomic mass is 10.2. The summed E-state index contributed by atoms with van der Waals surface area (Å²) in [5.74, 6) is -0.960. The fourth-order valence-corrected chi connectivity index (χ4v) is 4.90. The van der Waals surface area contributed by atoms with Crippen LogP contribution >= 0.6 is 11.3 Å². The van der Waals surface area contributed by atoms with Gasteiger partial charge in [0.05, 0.1) is 21.4 Å². The van der Waals surface area contributed by atoms with E-state index in [0.29, 0.717) is 5.82 Å². The molecule has 9 heteroatoms. The third-order valence-corrected chi connectivity index (χ3v) is 6.51. The topological polar surface area (TPSA) is 101 Å². The van der Waals surface area contributed by atoms with Crippen molar-refractivity contribution < 1.29 is 14.7 Å². The van der Waals surface area contributed by atoms with E-state index in [-0.39, 0.29) is 18.4 Å². The van der Waals surface area contributed by atoms with Crippen LogP contribution in [-0.2, 0) is 4.79 Å². The Morgan fingerprint density at radius 2 is 1.91 bits per heavy atom. The van der Waals surface area contributed by atoms with Crippen molar-refractivity contribution >= 4 is 33.4 Å². The summed E-state index contributed by atoms with van der Waals surface area (Å²) in [6.07, 6.45) is 3.57. The van der Waals surface area contributed by atoms with E-state index in [0.717, 1.165) is 47.2 Å². The SMILES string of the molecule is O=C(O)CN(C(=O)c1nc(-c2ccccc2)n(-c2ccc3ncsc3c2)n1)C1CCCC1. The first-order valence-electron chi connectivity index (χ1n) is 10.5. The molecule has 2 heterocycles. The first-order valence-corrected chi connectivity index (χ1v) is 11.4. The van der Waals surface area contributed by atoms with Gasteiger partial charge in [0.1, 0.15) is 6.54 Å². The van der Waals surface area contributed by atoms with Crippen LogP contribution in [0.4, 0.5) is 0 Å². The minimum Gasteiger partial charge on any atom is -0.480 e. The molecule has 1 N–H and O–H groups in total. The van der Waals surface area contributed by atoms with Gasteiger partial charge in [0.25, 0.3) is 5.91 Å². The van der Waals surface area contributed by atoms with E-state index in [1.807, 2.05) is 48.5 Å². The van der Waals surface area contributed by atoms with Crippen LogP contribution in [0, 0.1) is 0 Å². The van der Waals surface area contributed by atoms with Crippen molar-refractivity contribution in [2.75, 3.05) is 6.54 Å². The second-order valence-electron chi connectivity index (χ2n) is 7.81. The summed E-state index contributed by atoms with van der Waals surface area (Å²) in [4.78, 5) is 35.2. The molecule has 0 unspecified atom stereocenters. The van der Waals surface area contributed by atoms with Gasteiger partial charge in [-0.25, -0.2) is 14.6 Å². The highest BCUT2D eigenvalue weighted by Gasteiger charge is 2.32. The summed E-state index contributed by atoms with van der Waals surface area (Å²) in [6, 6.07) is 15.2. The van der Waals surface area contributed by atoms with Crippen molar-refractivity contribution in [1.82, 2.24) is 24.6 Å². The summed E-state index contributed by atoms with van der Waals surface area (Å²) in [5.41, 5.74) is 4.26. The van der Waals surface area contributed by atoms with Crippen LogP contribution in [0.5, 0.6) is 0 Å². The van der Waals surface area contributed by atoms with Gasteiger partial charge in [0, 0.05) is 11.6 Å². The molecule has 0 spiro atoms. The molecule has 2 aromatic carbocycles. The maximum Gasteiger partial charge on any atom is 0.323 e. The lowest BCUT2D eigenvalue weighted by molar-refractivity contribution is -0.138. The largest absolute Gasteiger partial charge is 0.480 e. The minimum atomic E-state index is -1.04. The van der Waals surface area contributed by atoms with Gasteiger partial charge in [-0.05, 0) is 31.0 Å². The molecule has 5 rings (SSSR count). The van der Waals surface area contributed by atoms with Crippen molar-refractivity contribution in [2.24, 2.45) is 0 Å². The molecule has 1 aliphatic carbocycles. The van der Waals surface area contributed by atoms with Crippen molar-refractivity contribution in [3.63, 3.8) is 0 Å². The van der Waals surface area contributed by atoms with Gasteiger partial charge < -0.3 is 10.0 Å². The maximum absolute atomic E-state index is 13.4. The molecule has 32 heavy (non-hydrogen) atoms. The second-order valence-corrected chi connectivity index (χ2v) is 8.69. The van der Waals surface area contributed by atoms with Gasteiger partial charge >= 0.3 is 5.97 Å². The van der Waals surface area contributed by atoms with Crippen LogP contribution in [-0.4, -0.2) is 54.2 Å². The van der Waals surface area contributed by atoms with Crippen LogP contribution < -0.4 is 0 Å². The summed E-state index contributed by atoms with van der Waals surface area (Å²) in [7, 11) is 0. The van der Waals surface area contributed by atoms with Gasteiger partial charge in [0.15, 0.2) is 5.82 Å². The molecular formula is C23H21N5O3S. The van der Waals surface area contributed by atoms with Gasteiger partial charge in [-0.1, -0.05) is 43.2 Å². The third-order valence-electron chi connectivity index (χ3n) is 5.72. The number of carboxylic acids is 1. The fraction of sp³-hybridized carbons (Fsp3) is 0.261. The first kappa shape index (κ1) is 20.3. The van der Waals surface area contributed by atoms with Crippen molar-refractivity contribution in [3.8, 4) is 17.1 Å². The Hall–Kier alpha value is -3.59. The number of aliphatic carboxylic acids is 1. The van der Waals surface area contributed by atoms with Crippen molar-refractivity contribution in [3.05, 3.63) is 59.9 Å². The Balaban J connectivity index is 1.60. The number of carbonyl (C=O) groups excluding carboxylic acids is 1. The van der Waals surface area contributed by atoms with Crippen molar-refractivity contribution in [1.29, 1.82) is 0 Å². The molecule has 8 nitrogen and oxygen atoms in total. The Kier molecular flexibility index (Phi) is 5.40. The number of hydrogen-bond donors (Lipinski definition) is 1. The zero-order valence-electron chi connectivity index (χ0n) is 17.2. The minimum absolute atomic E-state index is 0.00130. The predicted molar refractivity (Wildman–Crippen MR) is 121 cm³/mol. The summed E-state index contributed by atoms with van der Waals surface area (Å²) in [5, 5.41) is 13.9. The normalized spacial score (nSPS) is 14.1. The van der Waals surface area contributed by atoms with E-state index in [2.05, 4.69) is 15.1 Å². The number of aromatic nitrogens is 4. The Bertz CT molecular complexity index is 1280. The highest BCUT2D eigenvalue weighted by molar-refractivity contribution is 7.16. The molecule has 4 aromatic rings. The molecule has 0 bridgehead atoms. The van der Waals surface area contributed by atoms with Gasteiger partial charge in [-0.15, -0.1) is 16.4 Å². The van der Waals surface area contributed by atoms with E-state index in [1.165, 1.54) is 16.2 Å². The number of hydrogen-bond acceptors (Lipinski definition) is 6. The smallest absolute Gasteiger partial charge is 0.323 e. The first-order chi connectivity index (χ1) is 15.6. The molecule has 1 amide bonds. The van der Waals surface area contributed by atoms with E-state index >= 15 is 0 Å². The Labute approximate surface area is 188 Å². The number of nitrogens with zero attached hydrogens (tertiary/aromatic N) is 5. The summed E-state index contributed by atoms with van der Waals surface area (Å²) >= 11 is 1.53. The molecule has 162 valence electrons. The Morgan fingerprint density at radius 3 is 2.66 bits per heavy atom. The average molecular weight is 448 g/mol. The monoisotopic (exact) mass is 447 g/mol. The number of rotatable bonds is 6. The molecule has 1 saturated carbocycles. The van der Waals surface area contributed by atoms with Gasteiger partial charge in [0.2, 0.25) is 5.82 Å². The van der Waals surface area contributed by atoms with Crippen LogP contribution in [0.25, 0.3) is 27.3 Å². The number of carbonyl (C=O) groups is 2. The zero-order valence-corrected chi connectivity index (χ0v) is 18.0. The molecular weight excluding hydrogens is 426 g/mol. The maximum atomic E-state index is 13.4. The zero-order chi connectivity index (χ0) is 22.1. The standard InChI is InChI=1S/C23H21N5O3S/c29-20(30)13-27(16-8-4-5-9-16)23(31)21-25-22(15-6-2-1-3-7-15)28(26-21)17-10-11-18-19(12-17)32-14-24-18/h1-3,6-7,10-12,14,16H,4-5,8-9,13H2,(H,29,30). The number of carboxylic acid groups (broad SMARTS) is 1. The van der Waals surface area contributed by atoms with E-state index in [1.54, 1.807) is 10.2 Å². The lowest BCUT2D eigenvalue weighted by Gasteiger charge is -2.26. The Morgan fingerprint density at radius 1 is 1.12 bits per heavy atom. The van der Waals surface area contributed by atoms with Crippen LogP contribution in [0.1, 0.15) is 36.3 Å². The van der Waals surface area contributed by atoms with Crippen LogP contribution in [0.2, 0.25) is 0 Å². The number of thiazole rings is 1. The highest BCUT2D eigenvalue weighted by Crippen LogP contribution is 2.27. The quantitative estimate of drug-likeness (QED) is 0.479. The summed E-state index contributed by atoms with van der Waals surface area (Å²) < 4.78 is 2.65. The molecule has 0 aliphatic heterocycles. The third kappa shape index (κ3) is 3.87. The van der Waals surface area contributed by atoms with E-state index < -0.39 is 11.9 Å². The van der Waals surface area contributed by atoms with Crippen LogP contribution in [0.3, 0.4) is 0 Å². The molecule has 0 atom stereocenters. The summed E-state index contributed by atoms with van der Waals surface area (Å²) in [6.45, 7) is -0.356. The predicted octanol–water partition coefficient (Wildman–Crippen LogP) is 4.01. The lowest BCUT2D eigenvalue weighted by Crippen LogP contribution is -2.42. The highest BCUT2D eigenvalue weighted by atomic mass is 32.1. The van der Waals surface area contributed by atoms with E-state index in [4.69, 9.17) is 0 Å². The van der Waals surface area contributed by atoms with Gasteiger partial charge in [-0.3, -0.25) is 9.59 Å². The van der Waals surface area contributed by atoms with Crippen LogP contribution in [0.15, 0.2) is 54.0 Å². The molecule has 1 aliphatic rings. The molecule has 0 saturated heterocycles. The average Bonchev–Trinajstić information content (AvgIpc) is 3.57. The fourth-order valence-electron chi connectivity index (χ4n) is 4.19. The molecule has 2 aromatic heterocycles. The number of amides is 1.